The summed E-state index contributed by atoms with van der Waals surface area (Å²) in [6.07, 6.45) is 0. The Morgan fingerprint density at radius 2 is 2.00 bits per heavy atom. The van der Waals surface area contributed by atoms with Gasteiger partial charge >= 0.3 is 0 Å². The Hall–Kier alpha value is -1.27. The zero-order chi connectivity index (χ0) is 16.9. The van der Waals surface area contributed by atoms with Crippen LogP contribution in [-0.2, 0) is 6.54 Å². The number of benzene rings is 1. The van der Waals surface area contributed by atoms with Gasteiger partial charge in [-0.05, 0) is 29.8 Å². The summed E-state index contributed by atoms with van der Waals surface area (Å²) in [5.74, 6) is 1.99. The standard InChI is InChI=1S/C17H17Cl2N3OS/c18-14-4-5-15(19)21-16(14)17(23)20-13-3-1-2-12(10-13)11-22-6-8-24-9-7-22/h1-5,10H,6-9,11H2,(H,20,23). The molecule has 126 valence electrons. The maximum Gasteiger partial charge on any atom is 0.275 e. The number of anilines is 1. The summed E-state index contributed by atoms with van der Waals surface area (Å²) >= 11 is 13.9. The van der Waals surface area contributed by atoms with Crippen molar-refractivity contribution < 1.29 is 4.79 Å². The van der Waals surface area contributed by atoms with Gasteiger partial charge in [0.2, 0.25) is 0 Å². The molecule has 4 nitrogen and oxygen atoms in total. The minimum Gasteiger partial charge on any atom is -0.321 e. The summed E-state index contributed by atoms with van der Waals surface area (Å²) in [4.78, 5) is 18.8. The topological polar surface area (TPSA) is 45.2 Å². The minimum absolute atomic E-state index is 0.127. The van der Waals surface area contributed by atoms with Crippen molar-refractivity contribution in [2.45, 2.75) is 6.54 Å². The van der Waals surface area contributed by atoms with Crippen LogP contribution in [0, 0.1) is 0 Å². The van der Waals surface area contributed by atoms with Crippen molar-refractivity contribution >= 4 is 46.6 Å². The maximum atomic E-state index is 12.4. The van der Waals surface area contributed by atoms with E-state index in [-0.39, 0.29) is 21.8 Å². The number of rotatable bonds is 4. The molecular weight excluding hydrogens is 365 g/mol. The first-order valence-electron chi connectivity index (χ1n) is 7.64. The van der Waals surface area contributed by atoms with E-state index in [9.17, 15) is 4.79 Å². The predicted molar refractivity (Wildman–Crippen MR) is 101 cm³/mol. The van der Waals surface area contributed by atoms with E-state index in [2.05, 4.69) is 21.3 Å². The van der Waals surface area contributed by atoms with Crippen LogP contribution < -0.4 is 5.32 Å². The fraction of sp³-hybridized carbons (Fsp3) is 0.294. The Labute approximate surface area is 155 Å². The summed E-state index contributed by atoms with van der Waals surface area (Å²) in [6, 6.07) is 11.0. The number of halogens is 2. The second-order valence-corrected chi connectivity index (χ2v) is 7.53. The van der Waals surface area contributed by atoms with E-state index in [0.717, 1.165) is 25.3 Å². The summed E-state index contributed by atoms with van der Waals surface area (Å²) in [5, 5.41) is 3.35. The third-order valence-electron chi connectivity index (χ3n) is 3.72. The molecule has 2 aromatic rings. The van der Waals surface area contributed by atoms with Crippen LogP contribution in [0.3, 0.4) is 0 Å². The number of aromatic nitrogens is 1. The van der Waals surface area contributed by atoms with Gasteiger partial charge in [-0.1, -0.05) is 35.3 Å². The average Bonchev–Trinajstić information content (AvgIpc) is 2.58. The van der Waals surface area contributed by atoms with Gasteiger partial charge in [0.25, 0.3) is 5.91 Å². The van der Waals surface area contributed by atoms with Crippen molar-refractivity contribution in [2.75, 3.05) is 29.9 Å². The molecule has 7 heteroatoms. The normalized spacial score (nSPS) is 15.2. The number of carbonyl (C=O) groups excluding carboxylic acids is 1. The average molecular weight is 382 g/mol. The number of nitrogens with one attached hydrogen (secondary N) is 1. The summed E-state index contributed by atoms with van der Waals surface area (Å²) in [7, 11) is 0. The van der Waals surface area contributed by atoms with E-state index in [1.165, 1.54) is 17.1 Å². The van der Waals surface area contributed by atoms with Crippen LogP contribution in [-0.4, -0.2) is 40.4 Å². The van der Waals surface area contributed by atoms with Gasteiger partial charge in [-0.15, -0.1) is 0 Å². The monoisotopic (exact) mass is 381 g/mol. The highest BCUT2D eigenvalue weighted by Gasteiger charge is 2.14. The van der Waals surface area contributed by atoms with E-state index >= 15 is 0 Å². The molecule has 1 aliphatic heterocycles. The fourth-order valence-electron chi connectivity index (χ4n) is 2.53. The number of pyridine rings is 1. The largest absolute Gasteiger partial charge is 0.321 e. The van der Waals surface area contributed by atoms with Crippen molar-refractivity contribution in [1.29, 1.82) is 0 Å². The van der Waals surface area contributed by atoms with Crippen LogP contribution in [0.2, 0.25) is 10.2 Å². The summed E-state index contributed by atoms with van der Waals surface area (Å²) in [6.45, 7) is 3.09. The van der Waals surface area contributed by atoms with Gasteiger partial charge in [-0.2, -0.15) is 11.8 Å². The molecule has 1 aromatic heterocycles. The highest BCUT2D eigenvalue weighted by Crippen LogP contribution is 2.20. The molecule has 3 rings (SSSR count). The van der Waals surface area contributed by atoms with Crippen LogP contribution in [0.15, 0.2) is 36.4 Å². The van der Waals surface area contributed by atoms with Gasteiger partial charge in [0, 0.05) is 36.8 Å². The highest BCUT2D eigenvalue weighted by molar-refractivity contribution is 7.99. The first-order chi connectivity index (χ1) is 11.6. The lowest BCUT2D eigenvalue weighted by Crippen LogP contribution is -2.31. The zero-order valence-corrected chi connectivity index (χ0v) is 15.3. The van der Waals surface area contributed by atoms with Crippen LogP contribution >= 0.6 is 35.0 Å². The second kappa shape index (κ2) is 8.21. The summed E-state index contributed by atoms with van der Waals surface area (Å²) < 4.78 is 0. The van der Waals surface area contributed by atoms with E-state index in [0.29, 0.717) is 0 Å². The number of carbonyl (C=O) groups is 1. The van der Waals surface area contributed by atoms with Crippen LogP contribution in [0.25, 0.3) is 0 Å². The third kappa shape index (κ3) is 4.63. The second-order valence-electron chi connectivity index (χ2n) is 5.51. The molecule has 1 aromatic carbocycles. The molecule has 1 fully saturated rings. The quantitative estimate of drug-likeness (QED) is 0.806. The Balaban J connectivity index is 1.69. The Morgan fingerprint density at radius 1 is 1.21 bits per heavy atom. The fourth-order valence-corrected chi connectivity index (χ4v) is 3.85. The molecule has 1 aliphatic rings. The van der Waals surface area contributed by atoms with Crippen LogP contribution in [0.4, 0.5) is 5.69 Å². The molecule has 0 atom stereocenters. The SMILES string of the molecule is O=C(Nc1cccc(CN2CCSCC2)c1)c1nc(Cl)ccc1Cl. The molecule has 0 spiro atoms. The lowest BCUT2D eigenvalue weighted by atomic mass is 10.2. The van der Waals surface area contributed by atoms with Crippen molar-refractivity contribution in [3.63, 3.8) is 0 Å². The molecule has 2 heterocycles. The molecule has 0 saturated carbocycles. The predicted octanol–water partition coefficient (Wildman–Crippen LogP) is 4.19. The molecular formula is C17H17Cl2N3OS. The molecule has 1 N–H and O–H groups in total. The number of thioether (sulfide) groups is 1. The van der Waals surface area contributed by atoms with Gasteiger partial charge in [-0.25, -0.2) is 4.98 Å². The van der Waals surface area contributed by atoms with Gasteiger partial charge in [0.15, 0.2) is 0 Å². The number of nitrogens with zero attached hydrogens (tertiary/aromatic N) is 2. The van der Waals surface area contributed by atoms with Crippen molar-refractivity contribution in [1.82, 2.24) is 9.88 Å². The first-order valence-corrected chi connectivity index (χ1v) is 9.55. The third-order valence-corrected chi connectivity index (χ3v) is 5.18. The van der Waals surface area contributed by atoms with Gasteiger partial charge < -0.3 is 5.32 Å². The maximum absolute atomic E-state index is 12.4. The van der Waals surface area contributed by atoms with E-state index in [1.807, 2.05) is 30.0 Å². The van der Waals surface area contributed by atoms with Crippen molar-refractivity contribution in [2.24, 2.45) is 0 Å². The number of amides is 1. The Bertz CT molecular complexity index is 736. The Kier molecular flexibility index (Phi) is 6.00. The molecule has 0 bridgehead atoms. The molecule has 24 heavy (non-hydrogen) atoms. The van der Waals surface area contributed by atoms with Gasteiger partial charge in [0.05, 0.1) is 5.02 Å². The highest BCUT2D eigenvalue weighted by atomic mass is 35.5. The number of hydrogen-bond donors (Lipinski definition) is 1. The molecule has 0 radical (unpaired) electrons. The zero-order valence-electron chi connectivity index (χ0n) is 13.0. The smallest absolute Gasteiger partial charge is 0.275 e. The minimum atomic E-state index is -0.367. The first kappa shape index (κ1) is 17.5. The van der Waals surface area contributed by atoms with Crippen molar-refractivity contribution in [3.8, 4) is 0 Å². The van der Waals surface area contributed by atoms with E-state index in [1.54, 1.807) is 12.1 Å². The molecule has 0 aliphatic carbocycles. The number of hydrogen-bond acceptors (Lipinski definition) is 4. The van der Waals surface area contributed by atoms with Gasteiger partial charge in [0.1, 0.15) is 10.8 Å². The molecule has 0 unspecified atom stereocenters. The summed E-state index contributed by atoms with van der Waals surface area (Å²) in [5.41, 5.74) is 2.02. The van der Waals surface area contributed by atoms with Crippen LogP contribution in [0.1, 0.15) is 16.1 Å². The van der Waals surface area contributed by atoms with Crippen LogP contribution in [0.5, 0.6) is 0 Å². The van der Waals surface area contributed by atoms with E-state index < -0.39 is 0 Å². The van der Waals surface area contributed by atoms with E-state index in [4.69, 9.17) is 23.2 Å². The van der Waals surface area contributed by atoms with Crippen molar-refractivity contribution in [3.05, 3.63) is 57.8 Å². The lowest BCUT2D eigenvalue weighted by molar-refractivity contribution is 0.102. The lowest BCUT2D eigenvalue weighted by Gasteiger charge is -2.26. The molecule has 1 saturated heterocycles. The van der Waals surface area contributed by atoms with Gasteiger partial charge in [-0.3, -0.25) is 9.69 Å². The molecule has 1 amide bonds. The Morgan fingerprint density at radius 3 is 2.79 bits per heavy atom.